The van der Waals surface area contributed by atoms with Gasteiger partial charge in [-0.2, -0.15) is 0 Å². The second-order valence-electron chi connectivity index (χ2n) is 9.81. The molecule has 0 amide bonds. The van der Waals surface area contributed by atoms with Crippen molar-refractivity contribution in [2.75, 3.05) is 54.1 Å². The molecule has 0 saturated heterocycles. The summed E-state index contributed by atoms with van der Waals surface area (Å²) in [5.41, 5.74) is 0. The SMILES string of the molecule is CCCCCCCCCCCCCCOCC(COP(=O)(O)OCC[N+](C)(C)C)OC(C)=O. The number of quaternary nitrogens is 1. The third kappa shape index (κ3) is 24.4. The van der Waals surface area contributed by atoms with Crippen molar-refractivity contribution < 1.29 is 37.3 Å². The molecule has 2 atom stereocenters. The van der Waals surface area contributed by atoms with Crippen LogP contribution in [0.5, 0.6) is 0 Å². The van der Waals surface area contributed by atoms with E-state index in [0.717, 1.165) is 12.8 Å². The van der Waals surface area contributed by atoms with Gasteiger partial charge in [0.2, 0.25) is 0 Å². The molecule has 0 radical (unpaired) electrons. The summed E-state index contributed by atoms with van der Waals surface area (Å²) in [4.78, 5) is 21.1. The molecule has 8 nitrogen and oxygen atoms in total. The van der Waals surface area contributed by atoms with Crippen LogP contribution in [0.15, 0.2) is 0 Å². The molecule has 2 unspecified atom stereocenters. The Labute approximate surface area is 202 Å². The molecule has 0 saturated carbocycles. The first-order chi connectivity index (χ1) is 15.6. The van der Waals surface area contributed by atoms with E-state index >= 15 is 0 Å². The first-order valence-electron chi connectivity index (χ1n) is 12.7. The molecule has 33 heavy (non-hydrogen) atoms. The van der Waals surface area contributed by atoms with E-state index in [1.54, 1.807) is 0 Å². The fraction of sp³-hybridized carbons (Fsp3) is 0.958. The van der Waals surface area contributed by atoms with Gasteiger partial charge in [-0.3, -0.25) is 13.8 Å². The molecule has 0 bridgehead atoms. The average molecular weight is 497 g/mol. The first-order valence-corrected chi connectivity index (χ1v) is 14.2. The number of carbonyl (C=O) groups is 1. The maximum atomic E-state index is 12.0. The number of unbranched alkanes of at least 4 members (excludes halogenated alkanes) is 11. The van der Waals surface area contributed by atoms with Crippen molar-refractivity contribution in [3.05, 3.63) is 0 Å². The zero-order valence-electron chi connectivity index (χ0n) is 21.9. The zero-order chi connectivity index (χ0) is 25.0. The van der Waals surface area contributed by atoms with Crippen LogP contribution in [0.3, 0.4) is 0 Å². The quantitative estimate of drug-likeness (QED) is 0.0867. The van der Waals surface area contributed by atoms with Gasteiger partial charge in [0.1, 0.15) is 19.3 Å². The molecule has 0 fully saturated rings. The molecule has 9 heteroatoms. The molecule has 1 N–H and O–H groups in total. The van der Waals surface area contributed by atoms with Crippen molar-refractivity contribution in [2.24, 2.45) is 0 Å². The highest BCUT2D eigenvalue weighted by molar-refractivity contribution is 7.47. The maximum Gasteiger partial charge on any atom is 0.472 e. The minimum atomic E-state index is -4.21. The normalized spacial score (nSPS) is 14.7. The predicted molar refractivity (Wildman–Crippen MR) is 132 cm³/mol. The van der Waals surface area contributed by atoms with Gasteiger partial charge in [-0.05, 0) is 6.42 Å². The lowest BCUT2D eigenvalue weighted by atomic mass is 10.1. The summed E-state index contributed by atoms with van der Waals surface area (Å²) < 4.78 is 33.3. The van der Waals surface area contributed by atoms with Crippen molar-refractivity contribution in [2.45, 2.75) is 97.0 Å². The third-order valence-electron chi connectivity index (χ3n) is 5.22. The number of hydrogen-bond donors (Lipinski definition) is 1. The number of hydrogen-bond acceptors (Lipinski definition) is 6. The van der Waals surface area contributed by atoms with Crippen LogP contribution in [0.4, 0.5) is 0 Å². The number of phosphoric acid groups is 1. The Morgan fingerprint density at radius 1 is 0.818 bits per heavy atom. The molecule has 198 valence electrons. The molecule has 0 aromatic heterocycles. The van der Waals surface area contributed by atoms with Gasteiger partial charge in [0.05, 0.1) is 34.4 Å². The van der Waals surface area contributed by atoms with Gasteiger partial charge in [-0.25, -0.2) is 4.57 Å². The smallest absolute Gasteiger partial charge is 0.458 e. The molecular formula is C24H51NO7P+. The average Bonchev–Trinajstić information content (AvgIpc) is 2.70. The lowest BCUT2D eigenvalue weighted by Gasteiger charge is -2.24. The largest absolute Gasteiger partial charge is 0.472 e. The number of likely N-dealkylation sites (N-methyl/N-ethyl adjacent to an activating group) is 1. The van der Waals surface area contributed by atoms with Crippen LogP contribution in [0.1, 0.15) is 90.9 Å². The van der Waals surface area contributed by atoms with Gasteiger partial charge in [-0.15, -0.1) is 0 Å². The van der Waals surface area contributed by atoms with Gasteiger partial charge >= 0.3 is 13.8 Å². The minimum absolute atomic E-state index is 0.0883. The molecule has 0 aromatic carbocycles. The highest BCUT2D eigenvalue weighted by Crippen LogP contribution is 2.43. The van der Waals surface area contributed by atoms with E-state index in [9.17, 15) is 14.3 Å². The molecule has 0 aliphatic heterocycles. The molecule has 0 aromatic rings. The minimum Gasteiger partial charge on any atom is -0.458 e. The highest BCUT2D eigenvalue weighted by atomic mass is 31.2. The van der Waals surface area contributed by atoms with E-state index in [-0.39, 0.29) is 19.8 Å². The summed E-state index contributed by atoms with van der Waals surface area (Å²) in [7, 11) is 1.66. The fourth-order valence-corrected chi connectivity index (χ4v) is 4.00. The fourth-order valence-electron chi connectivity index (χ4n) is 3.26. The maximum absolute atomic E-state index is 12.0. The van der Waals surface area contributed by atoms with Crippen LogP contribution in [0.25, 0.3) is 0 Å². The molecule has 0 aliphatic rings. The molecule has 0 heterocycles. The van der Waals surface area contributed by atoms with E-state index in [1.807, 2.05) is 21.1 Å². The van der Waals surface area contributed by atoms with Crippen molar-refractivity contribution in [1.82, 2.24) is 0 Å². The summed E-state index contributed by atoms with van der Waals surface area (Å²) in [5, 5.41) is 0. The van der Waals surface area contributed by atoms with E-state index in [1.165, 1.54) is 71.1 Å². The van der Waals surface area contributed by atoms with Crippen LogP contribution in [0, 0.1) is 0 Å². The zero-order valence-corrected chi connectivity index (χ0v) is 22.8. The molecular weight excluding hydrogens is 445 g/mol. The van der Waals surface area contributed by atoms with E-state index in [4.69, 9.17) is 18.5 Å². The number of nitrogens with zero attached hydrogens (tertiary/aromatic N) is 1. The Hall–Kier alpha value is -0.500. The van der Waals surface area contributed by atoms with Crippen LogP contribution >= 0.6 is 7.82 Å². The third-order valence-corrected chi connectivity index (χ3v) is 6.20. The van der Waals surface area contributed by atoms with Crippen LogP contribution in [-0.4, -0.2) is 75.6 Å². The van der Waals surface area contributed by atoms with Crippen LogP contribution < -0.4 is 0 Å². The van der Waals surface area contributed by atoms with Crippen molar-refractivity contribution in [1.29, 1.82) is 0 Å². The Kier molecular flexibility index (Phi) is 19.5. The topological polar surface area (TPSA) is 91.3 Å². The van der Waals surface area contributed by atoms with Gasteiger partial charge in [0.25, 0.3) is 0 Å². The summed E-state index contributed by atoms with van der Waals surface area (Å²) in [6.07, 6.45) is 14.6. The Morgan fingerprint density at radius 3 is 1.82 bits per heavy atom. The van der Waals surface area contributed by atoms with Crippen molar-refractivity contribution >= 4 is 13.8 Å². The van der Waals surface area contributed by atoms with Gasteiger partial charge < -0.3 is 18.9 Å². The van der Waals surface area contributed by atoms with Gasteiger partial charge in [-0.1, -0.05) is 77.6 Å². The standard InChI is InChI=1S/C24H50NO7P/c1-6-7-8-9-10-11-12-13-14-15-16-17-19-29-21-24(32-23(2)26)22-31-33(27,28)30-20-18-25(3,4)5/h24H,6-22H2,1-5H3/p+1. The lowest BCUT2D eigenvalue weighted by molar-refractivity contribution is -0.870. The highest BCUT2D eigenvalue weighted by Gasteiger charge is 2.25. The monoisotopic (exact) mass is 496 g/mol. The van der Waals surface area contributed by atoms with Gasteiger partial charge in [0, 0.05) is 13.5 Å². The van der Waals surface area contributed by atoms with Crippen molar-refractivity contribution in [3.63, 3.8) is 0 Å². The Bertz CT molecular complexity index is 525. The number of rotatable bonds is 23. The summed E-state index contributed by atoms with van der Waals surface area (Å²) in [6, 6.07) is 0. The van der Waals surface area contributed by atoms with Crippen LogP contribution in [-0.2, 0) is 27.9 Å². The van der Waals surface area contributed by atoms with E-state index in [2.05, 4.69) is 6.92 Å². The Balaban J connectivity index is 3.85. The number of esters is 1. The molecule has 0 aliphatic carbocycles. The second kappa shape index (κ2) is 19.8. The Morgan fingerprint density at radius 2 is 1.33 bits per heavy atom. The van der Waals surface area contributed by atoms with Crippen molar-refractivity contribution in [3.8, 4) is 0 Å². The second-order valence-corrected chi connectivity index (χ2v) is 11.3. The summed E-state index contributed by atoms with van der Waals surface area (Å²) in [6.45, 7) is 4.61. The van der Waals surface area contributed by atoms with Crippen LogP contribution in [0.2, 0.25) is 0 Å². The number of ether oxygens (including phenoxy) is 2. The number of carbonyl (C=O) groups excluding carboxylic acids is 1. The van der Waals surface area contributed by atoms with Gasteiger partial charge in [0.15, 0.2) is 0 Å². The van der Waals surface area contributed by atoms with E-state index < -0.39 is 19.9 Å². The molecule has 0 rings (SSSR count). The lowest BCUT2D eigenvalue weighted by Crippen LogP contribution is -2.37. The molecule has 0 spiro atoms. The van der Waals surface area contributed by atoms with E-state index in [0.29, 0.717) is 17.6 Å². The summed E-state index contributed by atoms with van der Waals surface area (Å²) >= 11 is 0. The first kappa shape index (κ1) is 32.5. The predicted octanol–water partition coefficient (Wildman–Crippen LogP) is 5.48. The number of phosphoric ester groups is 1. The summed E-state index contributed by atoms with van der Waals surface area (Å²) in [5.74, 6) is -0.490.